The van der Waals surface area contributed by atoms with Crippen LogP contribution in [0.5, 0.6) is 0 Å². The van der Waals surface area contributed by atoms with Gasteiger partial charge in [0.1, 0.15) is 6.61 Å². The fourth-order valence-electron chi connectivity index (χ4n) is 4.56. The first-order valence-corrected chi connectivity index (χ1v) is 10.6. The standard InChI is InChI=1S/C23H33N3O3/c1-24-12-14-26(15-13-24)22-10-11-25(18-21(22)8-9-23(28)29)17-20-6-4-19(5-7-20)3-2-16-27/h4-7,21-22,27H,8-18H2,1H3,(H,28,29)/t21-,22+/m1/s1. The molecule has 0 aromatic heterocycles. The van der Waals surface area contributed by atoms with Crippen LogP contribution in [0.15, 0.2) is 24.3 Å². The Morgan fingerprint density at radius 3 is 2.52 bits per heavy atom. The quantitative estimate of drug-likeness (QED) is 0.704. The summed E-state index contributed by atoms with van der Waals surface area (Å²) in [7, 11) is 2.17. The minimum absolute atomic E-state index is 0.123. The van der Waals surface area contributed by atoms with E-state index in [0.717, 1.165) is 64.2 Å². The van der Waals surface area contributed by atoms with E-state index in [2.05, 4.69) is 45.7 Å². The van der Waals surface area contributed by atoms with Gasteiger partial charge in [0.2, 0.25) is 0 Å². The van der Waals surface area contributed by atoms with Gasteiger partial charge in [0.15, 0.2) is 0 Å². The van der Waals surface area contributed by atoms with Gasteiger partial charge in [-0.2, -0.15) is 0 Å². The lowest BCUT2D eigenvalue weighted by atomic mass is 9.86. The molecule has 0 amide bonds. The van der Waals surface area contributed by atoms with E-state index >= 15 is 0 Å². The van der Waals surface area contributed by atoms with Gasteiger partial charge in [-0.25, -0.2) is 0 Å². The van der Waals surface area contributed by atoms with Crippen molar-refractivity contribution >= 4 is 5.97 Å². The number of aliphatic hydroxyl groups excluding tert-OH is 1. The van der Waals surface area contributed by atoms with Gasteiger partial charge < -0.3 is 15.1 Å². The van der Waals surface area contributed by atoms with E-state index in [1.807, 2.05) is 12.1 Å². The third-order valence-corrected chi connectivity index (χ3v) is 6.19. The van der Waals surface area contributed by atoms with E-state index in [1.54, 1.807) is 0 Å². The summed E-state index contributed by atoms with van der Waals surface area (Å²) >= 11 is 0. The van der Waals surface area contributed by atoms with Gasteiger partial charge in [0.25, 0.3) is 0 Å². The first kappa shape index (κ1) is 21.8. The summed E-state index contributed by atoms with van der Waals surface area (Å²) in [4.78, 5) is 18.6. The molecule has 6 heteroatoms. The van der Waals surface area contributed by atoms with E-state index in [9.17, 15) is 9.90 Å². The first-order valence-electron chi connectivity index (χ1n) is 10.6. The van der Waals surface area contributed by atoms with Crippen molar-refractivity contribution in [3.63, 3.8) is 0 Å². The number of likely N-dealkylation sites (tertiary alicyclic amines) is 1. The lowest BCUT2D eigenvalue weighted by molar-refractivity contribution is -0.137. The Morgan fingerprint density at radius 2 is 1.86 bits per heavy atom. The fraction of sp³-hybridized carbons (Fsp3) is 0.609. The average Bonchev–Trinajstić information content (AvgIpc) is 2.72. The van der Waals surface area contributed by atoms with Gasteiger partial charge in [-0.15, -0.1) is 0 Å². The number of carboxylic acids is 1. The van der Waals surface area contributed by atoms with Crippen LogP contribution in [0.25, 0.3) is 0 Å². The smallest absolute Gasteiger partial charge is 0.303 e. The number of hydrogen-bond donors (Lipinski definition) is 2. The van der Waals surface area contributed by atoms with Crippen molar-refractivity contribution in [1.29, 1.82) is 0 Å². The number of nitrogens with zero attached hydrogens (tertiary/aromatic N) is 3. The molecule has 158 valence electrons. The molecule has 0 aliphatic carbocycles. The second-order valence-electron chi connectivity index (χ2n) is 8.28. The molecule has 0 bridgehead atoms. The molecule has 2 atom stereocenters. The molecule has 2 saturated heterocycles. The Morgan fingerprint density at radius 1 is 1.14 bits per heavy atom. The molecule has 0 saturated carbocycles. The number of rotatable bonds is 6. The largest absolute Gasteiger partial charge is 0.481 e. The number of hydrogen-bond acceptors (Lipinski definition) is 5. The summed E-state index contributed by atoms with van der Waals surface area (Å²) in [5.41, 5.74) is 2.16. The molecule has 2 aliphatic heterocycles. The summed E-state index contributed by atoms with van der Waals surface area (Å²) in [5, 5.41) is 18.0. The Hall–Kier alpha value is -1.91. The van der Waals surface area contributed by atoms with Crippen molar-refractivity contribution < 1.29 is 15.0 Å². The molecule has 2 fully saturated rings. The Bertz CT molecular complexity index is 717. The highest BCUT2D eigenvalue weighted by molar-refractivity contribution is 5.66. The lowest BCUT2D eigenvalue weighted by Gasteiger charge is -2.46. The van der Waals surface area contributed by atoms with Gasteiger partial charge in [-0.05, 0) is 50.0 Å². The number of aliphatic hydroxyl groups is 1. The van der Waals surface area contributed by atoms with Gasteiger partial charge in [-0.3, -0.25) is 14.6 Å². The molecule has 6 nitrogen and oxygen atoms in total. The number of piperidine rings is 1. The van der Waals surface area contributed by atoms with Crippen LogP contribution in [0.2, 0.25) is 0 Å². The second kappa shape index (κ2) is 10.7. The highest BCUT2D eigenvalue weighted by Gasteiger charge is 2.34. The minimum atomic E-state index is -0.696. The summed E-state index contributed by atoms with van der Waals surface area (Å²) in [6, 6.07) is 8.68. The molecule has 2 N–H and O–H groups in total. The topological polar surface area (TPSA) is 67.2 Å². The van der Waals surface area contributed by atoms with Crippen molar-refractivity contribution in [2.45, 2.75) is 31.8 Å². The summed E-state index contributed by atoms with van der Waals surface area (Å²) < 4.78 is 0. The first-order chi connectivity index (χ1) is 14.0. The molecule has 2 aliphatic rings. The van der Waals surface area contributed by atoms with Crippen molar-refractivity contribution in [3.8, 4) is 11.8 Å². The van der Waals surface area contributed by atoms with Gasteiger partial charge >= 0.3 is 5.97 Å². The second-order valence-corrected chi connectivity index (χ2v) is 8.28. The Labute approximate surface area is 174 Å². The van der Waals surface area contributed by atoms with Crippen LogP contribution < -0.4 is 0 Å². The summed E-state index contributed by atoms with van der Waals surface area (Å²) in [6.45, 7) is 7.12. The predicted octanol–water partition coefficient (Wildman–Crippen LogP) is 1.33. The zero-order valence-electron chi connectivity index (χ0n) is 17.4. The van der Waals surface area contributed by atoms with Crippen LogP contribution in [0.1, 0.15) is 30.4 Å². The molecule has 0 spiro atoms. The van der Waals surface area contributed by atoms with E-state index in [0.29, 0.717) is 12.0 Å². The lowest BCUT2D eigenvalue weighted by Crippen LogP contribution is -2.56. The van der Waals surface area contributed by atoms with Crippen molar-refractivity contribution in [2.75, 3.05) is 52.9 Å². The molecule has 29 heavy (non-hydrogen) atoms. The number of likely N-dealkylation sites (N-methyl/N-ethyl adjacent to an activating group) is 1. The predicted molar refractivity (Wildman–Crippen MR) is 114 cm³/mol. The van der Waals surface area contributed by atoms with E-state index in [-0.39, 0.29) is 13.0 Å². The highest BCUT2D eigenvalue weighted by atomic mass is 16.4. The third-order valence-electron chi connectivity index (χ3n) is 6.19. The number of piperazine rings is 1. The van der Waals surface area contributed by atoms with Crippen LogP contribution in [-0.2, 0) is 11.3 Å². The third kappa shape index (κ3) is 6.55. The minimum Gasteiger partial charge on any atom is -0.481 e. The molecule has 1 aromatic carbocycles. The molecule has 2 heterocycles. The maximum Gasteiger partial charge on any atom is 0.303 e. The average molecular weight is 400 g/mol. The monoisotopic (exact) mass is 399 g/mol. The Balaban J connectivity index is 1.61. The van der Waals surface area contributed by atoms with Gasteiger partial charge in [0, 0.05) is 57.3 Å². The normalized spacial score (nSPS) is 24.1. The number of benzene rings is 1. The molecule has 3 rings (SSSR count). The van der Waals surface area contributed by atoms with Crippen molar-refractivity contribution in [1.82, 2.24) is 14.7 Å². The SMILES string of the molecule is CN1CCN([C@H]2CCN(Cc3ccc(C#CCO)cc3)C[C@H]2CCC(=O)O)CC1. The van der Waals surface area contributed by atoms with Crippen LogP contribution in [0.4, 0.5) is 0 Å². The number of carboxylic acid groups (broad SMARTS) is 1. The fourth-order valence-corrected chi connectivity index (χ4v) is 4.56. The van der Waals surface area contributed by atoms with Crippen LogP contribution in [0.3, 0.4) is 0 Å². The number of carbonyl (C=O) groups is 1. The molecule has 0 unspecified atom stereocenters. The van der Waals surface area contributed by atoms with E-state index < -0.39 is 5.97 Å². The molecular formula is C23H33N3O3. The maximum atomic E-state index is 11.2. The van der Waals surface area contributed by atoms with Crippen LogP contribution in [-0.4, -0.2) is 89.8 Å². The molecular weight excluding hydrogens is 366 g/mol. The van der Waals surface area contributed by atoms with Gasteiger partial charge in [-0.1, -0.05) is 24.0 Å². The van der Waals surface area contributed by atoms with E-state index in [1.165, 1.54) is 5.56 Å². The zero-order chi connectivity index (χ0) is 20.6. The molecule has 1 aromatic rings. The van der Waals surface area contributed by atoms with Crippen molar-refractivity contribution in [3.05, 3.63) is 35.4 Å². The highest BCUT2D eigenvalue weighted by Crippen LogP contribution is 2.28. The van der Waals surface area contributed by atoms with Gasteiger partial charge in [0.05, 0.1) is 0 Å². The van der Waals surface area contributed by atoms with E-state index in [4.69, 9.17) is 5.11 Å². The summed E-state index contributed by atoms with van der Waals surface area (Å²) in [6.07, 6.45) is 2.10. The van der Waals surface area contributed by atoms with Crippen LogP contribution >= 0.6 is 0 Å². The van der Waals surface area contributed by atoms with Crippen LogP contribution in [0, 0.1) is 17.8 Å². The maximum absolute atomic E-state index is 11.2. The zero-order valence-corrected chi connectivity index (χ0v) is 17.4. The summed E-state index contributed by atoms with van der Waals surface area (Å²) in [5.74, 6) is 5.30. The molecule has 0 radical (unpaired) electrons. The van der Waals surface area contributed by atoms with Crippen molar-refractivity contribution in [2.24, 2.45) is 5.92 Å². The Kier molecular flexibility index (Phi) is 8.08. The number of aliphatic carboxylic acids is 1.